The fourth-order valence-corrected chi connectivity index (χ4v) is 2.98. The lowest BCUT2D eigenvalue weighted by atomic mass is 10.2. The first-order chi connectivity index (χ1) is 10.1. The van der Waals surface area contributed by atoms with Crippen LogP contribution in [-0.2, 0) is 4.74 Å². The number of halogens is 1. The Morgan fingerprint density at radius 3 is 3.05 bits per heavy atom. The fourth-order valence-electron chi connectivity index (χ4n) is 2.04. The lowest BCUT2D eigenvalue weighted by Crippen LogP contribution is -2.12. The van der Waals surface area contributed by atoms with E-state index in [1.165, 1.54) is 17.4 Å². The zero-order valence-electron chi connectivity index (χ0n) is 11.0. The number of rotatable bonds is 3. The first kappa shape index (κ1) is 14.2. The molecule has 3 rings (SSSR count). The van der Waals surface area contributed by atoms with E-state index in [9.17, 15) is 4.79 Å². The number of nitrogens with one attached hydrogen (secondary N) is 1. The van der Waals surface area contributed by atoms with E-state index in [1.807, 2.05) is 0 Å². The summed E-state index contributed by atoms with van der Waals surface area (Å²) in [5, 5.41) is 12.4. The predicted octanol–water partition coefficient (Wildman–Crippen LogP) is 2.88. The van der Waals surface area contributed by atoms with Crippen LogP contribution in [0.4, 0.5) is 10.8 Å². The highest BCUT2D eigenvalue weighted by Crippen LogP contribution is 2.32. The minimum Gasteiger partial charge on any atom is -0.398 e. The quantitative estimate of drug-likeness (QED) is 0.847. The number of ether oxygens (including phenoxy) is 1. The zero-order valence-corrected chi connectivity index (χ0v) is 12.6. The molecule has 6 nitrogen and oxygen atoms in total. The van der Waals surface area contributed by atoms with Gasteiger partial charge in [0, 0.05) is 12.2 Å². The van der Waals surface area contributed by atoms with Crippen LogP contribution in [0, 0.1) is 0 Å². The summed E-state index contributed by atoms with van der Waals surface area (Å²) in [5.41, 5.74) is 6.47. The van der Waals surface area contributed by atoms with Crippen LogP contribution in [-0.4, -0.2) is 22.7 Å². The number of amides is 1. The van der Waals surface area contributed by atoms with Crippen molar-refractivity contribution >= 4 is 39.7 Å². The fraction of sp³-hybridized carbons (Fsp3) is 0.308. The average Bonchev–Trinajstić information content (AvgIpc) is 3.12. The highest BCUT2D eigenvalue weighted by molar-refractivity contribution is 7.15. The van der Waals surface area contributed by atoms with Gasteiger partial charge in [0.2, 0.25) is 5.13 Å². The molecule has 21 heavy (non-hydrogen) atoms. The van der Waals surface area contributed by atoms with Crippen LogP contribution >= 0.6 is 22.9 Å². The van der Waals surface area contributed by atoms with Gasteiger partial charge in [-0.1, -0.05) is 22.9 Å². The van der Waals surface area contributed by atoms with Crippen LogP contribution in [0.15, 0.2) is 18.2 Å². The molecule has 1 unspecified atom stereocenters. The molecule has 1 amide bonds. The second kappa shape index (κ2) is 5.97. The van der Waals surface area contributed by atoms with Crippen LogP contribution in [0.5, 0.6) is 0 Å². The predicted molar refractivity (Wildman–Crippen MR) is 81.7 cm³/mol. The molecular weight excluding hydrogens is 312 g/mol. The Bertz CT molecular complexity index is 670. The number of carbonyl (C=O) groups is 1. The first-order valence-corrected chi connectivity index (χ1v) is 7.64. The molecule has 3 N–H and O–H groups in total. The molecule has 0 aliphatic carbocycles. The summed E-state index contributed by atoms with van der Waals surface area (Å²) in [7, 11) is 0. The summed E-state index contributed by atoms with van der Waals surface area (Å²) in [4.78, 5) is 12.1. The average molecular weight is 325 g/mol. The zero-order chi connectivity index (χ0) is 14.8. The molecule has 0 saturated carbocycles. The molecule has 0 bridgehead atoms. The van der Waals surface area contributed by atoms with Gasteiger partial charge in [-0.2, -0.15) is 0 Å². The molecular formula is C13H13ClN4O2S. The second-order valence-corrected chi connectivity index (χ2v) is 6.05. The van der Waals surface area contributed by atoms with Gasteiger partial charge < -0.3 is 10.5 Å². The SMILES string of the molecule is Nc1cc(C(=O)Nc2nnc(C3CCCO3)s2)ccc1Cl. The standard InChI is InChI=1S/C13H13ClN4O2S/c14-8-4-3-7(6-9(8)15)11(19)16-13-18-17-12(21-13)10-2-1-5-20-10/h3-4,6,10H,1-2,5,15H2,(H,16,18,19). The van der Waals surface area contributed by atoms with E-state index in [0.717, 1.165) is 24.5 Å². The lowest BCUT2D eigenvalue weighted by Gasteiger charge is -2.04. The summed E-state index contributed by atoms with van der Waals surface area (Å²) in [6, 6.07) is 4.72. The molecule has 1 atom stereocenters. The van der Waals surface area contributed by atoms with Crippen molar-refractivity contribution in [3.05, 3.63) is 33.8 Å². The molecule has 0 spiro atoms. The van der Waals surface area contributed by atoms with Crippen LogP contribution < -0.4 is 11.1 Å². The summed E-state index contributed by atoms with van der Waals surface area (Å²) >= 11 is 7.15. The van der Waals surface area contributed by atoms with Gasteiger partial charge >= 0.3 is 0 Å². The van der Waals surface area contributed by atoms with Gasteiger partial charge in [-0.25, -0.2) is 0 Å². The van der Waals surface area contributed by atoms with Crippen LogP contribution in [0.2, 0.25) is 5.02 Å². The third-order valence-electron chi connectivity index (χ3n) is 3.12. The lowest BCUT2D eigenvalue weighted by molar-refractivity contribution is 0.102. The maximum Gasteiger partial charge on any atom is 0.257 e. The largest absolute Gasteiger partial charge is 0.398 e. The monoisotopic (exact) mass is 324 g/mol. The number of aromatic nitrogens is 2. The molecule has 1 fully saturated rings. The summed E-state index contributed by atoms with van der Waals surface area (Å²) in [6.45, 7) is 0.746. The number of nitrogens with zero attached hydrogens (tertiary/aromatic N) is 2. The van der Waals surface area contributed by atoms with Gasteiger partial charge in [0.1, 0.15) is 11.1 Å². The number of anilines is 2. The molecule has 0 radical (unpaired) electrons. The number of nitrogen functional groups attached to an aromatic ring is 1. The second-order valence-electron chi connectivity index (χ2n) is 4.64. The summed E-state index contributed by atoms with van der Waals surface area (Å²) in [5.74, 6) is -0.298. The Labute approximate surface area is 130 Å². The number of hydrogen-bond acceptors (Lipinski definition) is 6. The number of nitrogens with two attached hydrogens (primary N) is 1. The minimum absolute atomic E-state index is 0.000622. The van der Waals surface area contributed by atoms with Gasteiger partial charge in [0.15, 0.2) is 0 Å². The van der Waals surface area contributed by atoms with Crippen molar-refractivity contribution in [3.63, 3.8) is 0 Å². The van der Waals surface area contributed by atoms with Crippen molar-refractivity contribution in [2.45, 2.75) is 18.9 Å². The molecule has 1 aromatic heterocycles. The maximum atomic E-state index is 12.1. The number of carbonyl (C=O) groups excluding carboxylic acids is 1. The van der Waals surface area contributed by atoms with Crippen molar-refractivity contribution in [2.75, 3.05) is 17.7 Å². The van der Waals surface area contributed by atoms with Crippen molar-refractivity contribution in [3.8, 4) is 0 Å². The topological polar surface area (TPSA) is 90.1 Å². The van der Waals surface area contributed by atoms with Gasteiger partial charge in [-0.05, 0) is 31.0 Å². The van der Waals surface area contributed by atoms with Crippen molar-refractivity contribution in [2.24, 2.45) is 0 Å². The van der Waals surface area contributed by atoms with Gasteiger partial charge in [-0.15, -0.1) is 10.2 Å². The Morgan fingerprint density at radius 2 is 2.33 bits per heavy atom. The Kier molecular flexibility index (Phi) is 4.05. The van der Waals surface area contributed by atoms with Crippen molar-refractivity contribution in [1.29, 1.82) is 0 Å². The first-order valence-electron chi connectivity index (χ1n) is 6.45. The van der Waals surface area contributed by atoms with Gasteiger partial charge in [0.05, 0.1) is 10.7 Å². The van der Waals surface area contributed by atoms with Crippen LogP contribution in [0.3, 0.4) is 0 Å². The normalized spacial score (nSPS) is 17.9. The van der Waals surface area contributed by atoms with E-state index in [2.05, 4.69) is 15.5 Å². The van der Waals surface area contributed by atoms with Crippen LogP contribution in [0.1, 0.15) is 34.3 Å². The number of hydrogen-bond donors (Lipinski definition) is 2. The van der Waals surface area contributed by atoms with E-state index < -0.39 is 0 Å². The summed E-state index contributed by atoms with van der Waals surface area (Å²) < 4.78 is 5.53. The van der Waals surface area contributed by atoms with E-state index in [4.69, 9.17) is 22.1 Å². The third-order valence-corrected chi connectivity index (χ3v) is 4.40. The van der Waals surface area contributed by atoms with Crippen molar-refractivity contribution < 1.29 is 9.53 Å². The Morgan fingerprint density at radius 1 is 1.48 bits per heavy atom. The highest BCUT2D eigenvalue weighted by atomic mass is 35.5. The number of benzene rings is 1. The van der Waals surface area contributed by atoms with Crippen molar-refractivity contribution in [1.82, 2.24) is 10.2 Å². The molecule has 1 aliphatic heterocycles. The molecule has 2 heterocycles. The maximum absolute atomic E-state index is 12.1. The molecule has 8 heteroatoms. The van der Waals surface area contributed by atoms with Gasteiger partial charge in [0.25, 0.3) is 5.91 Å². The highest BCUT2D eigenvalue weighted by Gasteiger charge is 2.22. The van der Waals surface area contributed by atoms with Crippen LogP contribution in [0.25, 0.3) is 0 Å². The van der Waals surface area contributed by atoms with E-state index >= 15 is 0 Å². The Balaban J connectivity index is 1.70. The smallest absolute Gasteiger partial charge is 0.257 e. The molecule has 1 saturated heterocycles. The van der Waals surface area contributed by atoms with E-state index in [-0.39, 0.29) is 12.0 Å². The Hall–Kier alpha value is -1.70. The molecule has 110 valence electrons. The van der Waals surface area contributed by atoms with Gasteiger partial charge in [-0.3, -0.25) is 10.1 Å². The van der Waals surface area contributed by atoms with E-state index in [0.29, 0.717) is 21.4 Å². The molecule has 2 aromatic rings. The third kappa shape index (κ3) is 3.15. The summed E-state index contributed by atoms with van der Waals surface area (Å²) in [6.07, 6.45) is 1.96. The minimum atomic E-state index is -0.298. The van der Waals surface area contributed by atoms with E-state index in [1.54, 1.807) is 12.1 Å². The molecule has 1 aliphatic rings. The molecule has 1 aromatic carbocycles.